The Labute approximate surface area is 134 Å². The quantitative estimate of drug-likeness (QED) is 0.798. The molecule has 1 aromatic heterocycles. The predicted octanol–water partition coefficient (Wildman–Crippen LogP) is 3.42. The molecule has 4 nitrogen and oxygen atoms in total. The van der Waals surface area contributed by atoms with Gasteiger partial charge < -0.3 is 5.32 Å². The number of hydrogen-bond acceptors (Lipinski definition) is 3. The van der Waals surface area contributed by atoms with Crippen molar-refractivity contribution in [2.24, 2.45) is 0 Å². The van der Waals surface area contributed by atoms with Crippen LogP contribution in [0, 0.1) is 12.7 Å². The van der Waals surface area contributed by atoms with Crippen LogP contribution < -0.4 is 10.6 Å². The molecule has 0 aliphatic rings. The summed E-state index contributed by atoms with van der Waals surface area (Å²) in [4.78, 5) is 16.1. The number of aromatic nitrogens is 1. The molecule has 0 saturated carbocycles. The third-order valence-electron chi connectivity index (χ3n) is 2.61. The first-order valence-corrected chi connectivity index (χ1v) is 7.17. The molecule has 2 aromatic rings. The molecule has 0 aliphatic heterocycles. The van der Waals surface area contributed by atoms with Gasteiger partial charge in [0.1, 0.15) is 11.6 Å². The highest BCUT2D eigenvalue weighted by atomic mass is 79.9. The monoisotopic (exact) mass is 367 g/mol. The van der Waals surface area contributed by atoms with Crippen molar-refractivity contribution in [2.45, 2.75) is 6.92 Å². The second-order valence-electron chi connectivity index (χ2n) is 4.15. The summed E-state index contributed by atoms with van der Waals surface area (Å²) in [6.45, 7) is 1.83. The smallest absolute Gasteiger partial charge is 0.260 e. The van der Waals surface area contributed by atoms with E-state index in [2.05, 4.69) is 31.5 Å². The van der Waals surface area contributed by atoms with Gasteiger partial charge in [-0.2, -0.15) is 0 Å². The Morgan fingerprint density at radius 3 is 2.67 bits per heavy atom. The van der Waals surface area contributed by atoms with Gasteiger partial charge in [-0.15, -0.1) is 0 Å². The maximum absolute atomic E-state index is 13.5. The van der Waals surface area contributed by atoms with Gasteiger partial charge in [-0.1, -0.05) is 12.1 Å². The average molecular weight is 368 g/mol. The molecule has 0 saturated heterocycles. The average Bonchev–Trinajstić information content (AvgIpc) is 2.43. The molecular formula is C14H11BrFN3OS. The molecule has 0 radical (unpaired) electrons. The topological polar surface area (TPSA) is 54.0 Å². The number of rotatable bonds is 2. The number of anilines is 1. The van der Waals surface area contributed by atoms with E-state index in [0.29, 0.717) is 5.82 Å². The lowest BCUT2D eigenvalue weighted by atomic mass is 10.2. The molecule has 0 bridgehead atoms. The number of aryl methyl sites for hydroxylation is 1. The zero-order chi connectivity index (χ0) is 15.4. The molecular weight excluding hydrogens is 357 g/mol. The summed E-state index contributed by atoms with van der Waals surface area (Å²) in [5.74, 6) is -0.718. The van der Waals surface area contributed by atoms with E-state index in [1.54, 1.807) is 12.1 Å². The summed E-state index contributed by atoms with van der Waals surface area (Å²) in [7, 11) is 0. The molecule has 0 unspecified atom stereocenters. The number of hydrogen-bond donors (Lipinski definition) is 2. The lowest BCUT2D eigenvalue weighted by Crippen LogP contribution is -2.34. The van der Waals surface area contributed by atoms with Crippen LogP contribution in [0.3, 0.4) is 0 Å². The molecule has 1 amide bonds. The van der Waals surface area contributed by atoms with E-state index >= 15 is 0 Å². The summed E-state index contributed by atoms with van der Waals surface area (Å²) < 4.78 is 14.3. The van der Waals surface area contributed by atoms with Crippen molar-refractivity contribution in [3.63, 3.8) is 0 Å². The maximum Gasteiger partial charge on any atom is 0.260 e. The van der Waals surface area contributed by atoms with E-state index in [4.69, 9.17) is 12.2 Å². The molecule has 21 heavy (non-hydrogen) atoms. The third-order valence-corrected chi connectivity index (χ3v) is 3.65. The van der Waals surface area contributed by atoms with Crippen LogP contribution in [0.15, 0.2) is 40.9 Å². The van der Waals surface area contributed by atoms with Crippen molar-refractivity contribution in [3.05, 3.63) is 57.9 Å². The number of pyridine rings is 1. The van der Waals surface area contributed by atoms with Gasteiger partial charge in [-0.05, 0) is 59.3 Å². The zero-order valence-corrected chi connectivity index (χ0v) is 13.4. The van der Waals surface area contributed by atoms with E-state index in [1.807, 2.05) is 13.0 Å². The van der Waals surface area contributed by atoms with Crippen LogP contribution in [-0.4, -0.2) is 16.0 Å². The second kappa shape index (κ2) is 6.73. The lowest BCUT2D eigenvalue weighted by Gasteiger charge is -2.10. The molecule has 0 atom stereocenters. The summed E-state index contributed by atoms with van der Waals surface area (Å²) in [6, 6.07) is 9.20. The van der Waals surface area contributed by atoms with Crippen molar-refractivity contribution in [3.8, 4) is 0 Å². The number of halogens is 2. The van der Waals surface area contributed by atoms with Crippen LogP contribution in [0.5, 0.6) is 0 Å². The third kappa shape index (κ3) is 4.05. The standard InChI is InChI=1S/C14H11BrFN3OS/c1-8-10(15)6-7-12(17-8)18-14(21)19-13(20)9-4-2-3-5-11(9)16/h2-7H,1H3,(H2,17,18,19,20,21). The number of thiocarbonyl (C=S) groups is 1. The first-order valence-electron chi connectivity index (χ1n) is 5.97. The van der Waals surface area contributed by atoms with Crippen molar-refractivity contribution in [2.75, 3.05) is 5.32 Å². The number of carbonyl (C=O) groups excluding carboxylic acids is 1. The molecule has 7 heteroatoms. The Morgan fingerprint density at radius 1 is 1.29 bits per heavy atom. The Balaban J connectivity index is 2.03. The van der Waals surface area contributed by atoms with Crippen LogP contribution in [0.4, 0.5) is 10.2 Å². The Bertz CT molecular complexity index is 708. The van der Waals surface area contributed by atoms with Crippen LogP contribution in [0.1, 0.15) is 16.1 Å². The van der Waals surface area contributed by atoms with Crippen LogP contribution >= 0.6 is 28.1 Å². The SMILES string of the molecule is Cc1nc(NC(=S)NC(=O)c2ccccc2F)ccc1Br. The Morgan fingerprint density at radius 2 is 2.00 bits per heavy atom. The fourth-order valence-corrected chi connectivity index (χ4v) is 2.00. The summed E-state index contributed by atoms with van der Waals surface area (Å²) in [6.07, 6.45) is 0. The maximum atomic E-state index is 13.5. The molecule has 0 aliphatic carbocycles. The molecule has 108 valence electrons. The first-order chi connectivity index (χ1) is 9.97. The van der Waals surface area contributed by atoms with Gasteiger partial charge in [0.15, 0.2) is 5.11 Å². The van der Waals surface area contributed by atoms with Gasteiger partial charge in [-0.25, -0.2) is 9.37 Å². The number of amides is 1. The highest BCUT2D eigenvalue weighted by Gasteiger charge is 2.12. The fraction of sp³-hybridized carbons (Fsp3) is 0.0714. The molecule has 2 N–H and O–H groups in total. The second-order valence-corrected chi connectivity index (χ2v) is 5.41. The largest absolute Gasteiger partial charge is 0.317 e. The van der Waals surface area contributed by atoms with Crippen molar-refractivity contribution >= 4 is 45.0 Å². The predicted molar refractivity (Wildman–Crippen MR) is 86.8 cm³/mol. The molecule has 0 spiro atoms. The first kappa shape index (κ1) is 15.5. The summed E-state index contributed by atoms with van der Waals surface area (Å²) in [5.41, 5.74) is 0.713. The lowest BCUT2D eigenvalue weighted by molar-refractivity contribution is 0.0974. The number of benzene rings is 1. The van der Waals surface area contributed by atoms with Crippen LogP contribution in [0.2, 0.25) is 0 Å². The van der Waals surface area contributed by atoms with Crippen molar-refractivity contribution in [1.82, 2.24) is 10.3 Å². The van der Waals surface area contributed by atoms with E-state index in [0.717, 1.165) is 10.2 Å². The van der Waals surface area contributed by atoms with E-state index in [-0.39, 0.29) is 10.7 Å². The highest BCUT2D eigenvalue weighted by Crippen LogP contribution is 2.16. The number of nitrogens with zero attached hydrogens (tertiary/aromatic N) is 1. The van der Waals surface area contributed by atoms with Gasteiger partial charge in [0.2, 0.25) is 0 Å². The molecule has 1 aromatic carbocycles. The van der Waals surface area contributed by atoms with Gasteiger partial charge in [0, 0.05) is 4.47 Å². The Hall–Kier alpha value is -1.86. The number of nitrogens with one attached hydrogen (secondary N) is 2. The van der Waals surface area contributed by atoms with Gasteiger partial charge in [-0.3, -0.25) is 10.1 Å². The number of carbonyl (C=O) groups is 1. The molecule has 0 fully saturated rings. The summed E-state index contributed by atoms with van der Waals surface area (Å²) >= 11 is 8.35. The summed E-state index contributed by atoms with van der Waals surface area (Å²) in [5, 5.41) is 5.24. The fourth-order valence-electron chi connectivity index (χ4n) is 1.58. The Kier molecular flexibility index (Phi) is 4.98. The van der Waals surface area contributed by atoms with E-state index < -0.39 is 11.7 Å². The minimum Gasteiger partial charge on any atom is -0.317 e. The van der Waals surface area contributed by atoms with Crippen LogP contribution in [0.25, 0.3) is 0 Å². The highest BCUT2D eigenvalue weighted by molar-refractivity contribution is 9.10. The minimum atomic E-state index is -0.612. The normalized spacial score (nSPS) is 10.0. The molecule has 2 rings (SSSR count). The van der Waals surface area contributed by atoms with Gasteiger partial charge in [0.05, 0.1) is 11.3 Å². The van der Waals surface area contributed by atoms with E-state index in [9.17, 15) is 9.18 Å². The van der Waals surface area contributed by atoms with E-state index in [1.165, 1.54) is 18.2 Å². The van der Waals surface area contributed by atoms with Crippen molar-refractivity contribution in [1.29, 1.82) is 0 Å². The van der Waals surface area contributed by atoms with Gasteiger partial charge in [0.25, 0.3) is 5.91 Å². The van der Waals surface area contributed by atoms with Crippen molar-refractivity contribution < 1.29 is 9.18 Å². The van der Waals surface area contributed by atoms with Gasteiger partial charge >= 0.3 is 0 Å². The molecule has 1 heterocycles. The minimum absolute atomic E-state index is 0.0532. The zero-order valence-electron chi connectivity index (χ0n) is 11.0. The van der Waals surface area contributed by atoms with Crippen LogP contribution in [-0.2, 0) is 0 Å².